The van der Waals surface area contributed by atoms with Crippen LogP contribution in [0, 0.1) is 23.1 Å². The van der Waals surface area contributed by atoms with Crippen molar-refractivity contribution in [3.05, 3.63) is 47.4 Å². The molecular weight excluding hydrogens is 323 g/mol. The van der Waals surface area contributed by atoms with Crippen LogP contribution in [0.3, 0.4) is 0 Å². The number of ketones is 1. The zero-order chi connectivity index (χ0) is 18.2. The lowest BCUT2D eigenvalue weighted by Crippen LogP contribution is -2.50. The van der Waals surface area contributed by atoms with Gasteiger partial charge >= 0.3 is 0 Å². The summed E-state index contributed by atoms with van der Waals surface area (Å²) in [5.41, 5.74) is 0.962. The number of rotatable bonds is 3. The van der Waals surface area contributed by atoms with Crippen LogP contribution in [0.1, 0.15) is 32.3 Å². The first-order chi connectivity index (χ1) is 11.7. The highest BCUT2D eigenvalue weighted by molar-refractivity contribution is 5.97. The first-order valence-corrected chi connectivity index (χ1v) is 8.33. The molecule has 2 N–H and O–H groups in total. The van der Waals surface area contributed by atoms with Crippen molar-refractivity contribution in [1.82, 2.24) is 10.6 Å². The number of benzene rings is 1. The normalized spacial score (nSPS) is 24.8. The topological polar surface area (TPSA) is 75.3 Å². The minimum absolute atomic E-state index is 0.0105. The van der Waals surface area contributed by atoms with Crippen molar-refractivity contribution in [3.63, 3.8) is 0 Å². The van der Waals surface area contributed by atoms with E-state index in [4.69, 9.17) is 0 Å². The predicted octanol–water partition coefficient (Wildman–Crippen LogP) is 2.08. The van der Waals surface area contributed by atoms with Gasteiger partial charge in [0, 0.05) is 25.1 Å². The molecule has 0 aromatic heterocycles. The van der Waals surface area contributed by atoms with Crippen molar-refractivity contribution in [2.24, 2.45) is 17.3 Å². The van der Waals surface area contributed by atoms with Crippen LogP contribution >= 0.6 is 0 Å². The van der Waals surface area contributed by atoms with E-state index in [1.165, 1.54) is 12.1 Å². The molecule has 0 saturated carbocycles. The minimum atomic E-state index is -0.705. The van der Waals surface area contributed by atoms with E-state index in [-0.39, 0.29) is 41.8 Å². The fourth-order valence-corrected chi connectivity index (χ4v) is 3.55. The molecule has 1 aliphatic heterocycles. The van der Waals surface area contributed by atoms with Crippen molar-refractivity contribution >= 4 is 17.6 Å². The number of Topliss-reactive ketones (excluding diaryl/α,β-unsaturated/α-hetero) is 1. The van der Waals surface area contributed by atoms with Gasteiger partial charge in [-0.05, 0) is 23.1 Å². The zero-order valence-corrected chi connectivity index (χ0v) is 14.3. The van der Waals surface area contributed by atoms with Crippen LogP contribution in [-0.4, -0.2) is 17.6 Å². The van der Waals surface area contributed by atoms with Crippen LogP contribution in [0.25, 0.3) is 0 Å². The Balaban J connectivity index is 1.75. The highest BCUT2D eigenvalue weighted by Crippen LogP contribution is 2.39. The van der Waals surface area contributed by atoms with Gasteiger partial charge in [-0.15, -0.1) is 0 Å². The van der Waals surface area contributed by atoms with E-state index in [2.05, 4.69) is 10.6 Å². The Labute approximate surface area is 145 Å². The van der Waals surface area contributed by atoms with Crippen LogP contribution in [0.4, 0.5) is 4.39 Å². The Morgan fingerprint density at radius 3 is 2.64 bits per heavy atom. The maximum atomic E-state index is 12.9. The molecule has 5 nitrogen and oxygen atoms in total. The quantitative estimate of drug-likeness (QED) is 0.881. The van der Waals surface area contributed by atoms with Gasteiger partial charge in [-0.2, -0.15) is 0 Å². The van der Waals surface area contributed by atoms with Gasteiger partial charge in [0.05, 0.1) is 11.8 Å². The Kier molecular flexibility index (Phi) is 4.45. The van der Waals surface area contributed by atoms with E-state index in [1.54, 1.807) is 12.1 Å². The van der Waals surface area contributed by atoms with E-state index < -0.39 is 11.8 Å². The molecule has 0 spiro atoms. The van der Waals surface area contributed by atoms with Crippen molar-refractivity contribution in [1.29, 1.82) is 0 Å². The second-order valence-electron chi connectivity index (χ2n) is 7.41. The lowest BCUT2D eigenvalue weighted by atomic mass is 9.69. The van der Waals surface area contributed by atoms with E-state index in [1.807, 2.05) is 19.9 Å². The fourth-order valence-electron chi connectivity index (χ4n) is 3.55. The molecular formula is C19H21FN2O3. The largest absolute Gasteiger partial charge is 0.352 e. The molecule has 1 aliphatic carbocycles. The summed E-state index contributed by atoms with van der Waals surface area (Å²) in [6.07, 6.45) is 2.22. The third kappa shape index (κ3) is 3.78. The summed E-state index contributed by atoms with van der Waals surface area (Å²) in [5, 5.41) is 5.51. The summed E-state index contributed by atoms with van der Waals surface area (Å²) < 4.78 is 12.9. The van der Waals surface area contributed by atoms with Gasteiger partial charge in [0.25, 0.3) is 0 Å². The maximum Gasteiger partial charge on any atom is 0.225 e. The molecule has 0 unspecified atom stereocenters. The molecule has 1 fully saturated rings. The number of nitrogens with one attached hydrogen (secondary N) is 2. The summed E-state index contributed by atoms with van der Waals surface area (Å²) in [6.45, 7) is 4.08. The number of fused-ring (bicyclic) bond motifs is 1. The molecule has 1 aromatic carbocycles. The molecule has 0 radical (unpaired) electrons. The van der Waals surface area contributed by atoms with E-state index >= 15 is 0 Å². The Morgan fingerprint density at radius 2 is 1.96 bits per heavy atom. The predicted molar refractivity (Wildman–Crippen MR) is 89.5 cm³/mol. The SMILES string of the molecule is CC1(C)C=C2NC(=O)C[C@H](C(=O)NCc3ccc(F)cc3)[C@H]2C(=O)C1. The van der Waals surface area contributed by atoms with Crippen molar-refractivity contribution in [2.75, 3.05) is 0 Å². The minimum Gasteiger partial charge on any atom is -0.352 e. The number of carbonyl (C=O) groups excluding carboxylic acids is 3. The van der Waals surface area contributed by atoms with Gasteiger partial charge in [-0.1, -0.05) is 32.1 Å². The summed E-state index contributed by atoms with van der Waals surface area (Å²) in [7, 11) is 0. The molecule has 2 atom stereocenters. The van der Waals surface area contributed by atoms with E-state index in [0.29, 0.717) is 12.1 Å². The van der Waals surface area contributed by atoms with Gasteiger partial charge in [0.2, 0.25) is 11.8 Å². The standard InChI is InChI=1S/C19H21FN2O3/c1-19(2)8-14-17(15(23)9-19)13(7-16(24)22-14)18(25)21-10-11-3-5-12(20)6-4-11/h3-6,8,13,17H,7,9-10H2,1-2H3,(H,21,25)(H,22,24)/t13-,17+/m0/s1. The molecule has 1 aromatic rings. The summed E-state index contributed by atoms with van der Waals surface area (Å²) in [4.78, 5) is 37.1. The summed E-state index contributed by atoms with van der Waals surface area (Å²) in [5.74, 6) is -2.25. The fraction of sp³-hybridized carbons (Fsp3) is 0.421. The average molecular weight is 344 g/mol. The van der Waals surface area contributed by atoms with Crippen LogP contribution in [0.5, 0.6) is 0 Å². The molecule has 2 amide bonds. The number of carbonyl (C=O) groups is 3. The first kappa shape index (κ1) is 17.3. The monoisotopic (exact) mass is 344 g/mol. The highest BCUT2D eigenvalue weighted by atomic mass is 19.1. The molecule has 6 heteroatoms. The van der Waals surface area contributed by atoms with Gasteiger partial charge in [-0.3, -0.25) is 14.4 Å². The zero-order valence-electron chi connectivity index (χ0n) is 14.3. The maximum absolute atomic E-state index is 12.9. The second-order valence-corrected chi connectivity index (χ2v) is 7.41. The van der Waals surface area contributed by atoms with Gasteiger partial charge in [-0.25, -0.2) is 4.39 Å². The van der Waals surface area contributed by atoms with Crippen molar-refractivity contribution < 1.29 is 18.8 Å². The lowest BCUT2D eigenvalue weighted by molar-refractivity contribution is -0.139. The Morgan fingerprint density at radius 1 is 1.28 bits per heavy atom. The number of halogens is 1. The summed E-state index contributed by atoms with van der Waals surface area (Å²) >= 11 is 0. The van der Waals surface area contributed by atoms with Crippen molar-refractivity contribution in [2.45, 2.75) is 33.2 Å². The number of piperidine rings is 1. The van der Waals surface area contributed by atoms with Crippen LogP contribution < -0.4 is 10.6 Å². The van der Waals surface area contributed by atoms with Crippen LogP contribution in [0.2, 0.25) is 0 Å². The van der Waals surface area contributed by atoms with Gasteiger partial charge in [0.15, 0.2) is 0 Å². The molecule has 2 aliphatic rings. The first-order valence-electron chi connectivity index (χ1n) is 8.33. The van der Waals surface area contributed by atoms with E-state index in [9.17, 15) is 18.8 Å². The molecule has 1 heterocycles. The third-order valence-electron chi connectivity index (χ3n) is 4.67. The lowest BCUT2D eigenvalue weighted by Gasteiger charge is -2.38. The molecule has 3 rings (SSSR count). The number of hydrogen-bond acceptors (Lipinski definition) is 3. The van der Waals surface area contributed by atoms with E-state index in [0.717, 1.165) is 5.56 Å². The molecule has 1 saturated heterocycles. The van der Waals surface area contributed by atoms with Crippen molar-refractivity contribution in [3.8, 4) is 0 Å². The van der Waals surface area contributed by atoms with Gasteiger partial charge < -0.3 is 10.6 Å². The number of allylic oxidation sites excluding steroid dienone is 2. The smallest absolute Gasteiger partial charge is 0.225 e. The Hall–Kier alpha value is -2.50. The number of amides is 2. The Bertz CT molecular complexity index is 752. The summed E-state index contributed by atoms with van der Waals surface area (Å²) in [6, 6.07) is 5.82. The highest BCUT2D eigenvalue weighted by Gasteiger charge is 2.45. The molecule has 25 heavy (non-hydrogen) atoms. The number of hydrogen-bond donors (Lipinski definition) is 2. The molecule has 132 valence electrons. The molecule has 0 bridgehead atoms. The second kappa shape index (κ2) is 6.43. The van der Waals surface area contributed by atoms with Crippen LogP contribution in [0.15, 0.2) is 36.0 Å². The van der Waals surface area contributed by atoms with Gasteiger partial charge in [0.1, 0.15) is 11.6 Å². The van der Waals surface area contributed by atoms with Crippen LogP contribution in [-0.2, 0) is 20.9 Å². The average Bonchev–Trinajstić information content (AvgIpc) is 2.51. The third-order valence-corrected chi connectivity index (χ3v) is 4.67.